The molecule has 0 atom stereocenters. The van der Waals surface area contributed by atoms with Crippen LogP contribution in [0, 0.1) is 18.2 Å². The van der Waals surface area contributed by atoms with E-state index in [2.05, 4.69) is 40.8 Å². The third-order valence-corrected chi connectivity index (χ3v) is 7.83. The van der Waals surface area contributed by atoms with Gasteiger partial charge >= 0.3 is 6.03 Å². The van der Waals surface area contributed by atoms with Gasteiger partial charge in [-0.25, -0.2) is 19.2 Å². The lowest BCUT2D eigenvalue weighted by molar-refractivity contribution is 0.0457. The van der Waals surface area contributed by atoms with Gasteiger partial charge in [0.15, 0.2) is 0 Å². The van der Waals surface area contributed by atoms with Crippen molar-refractivity contribution in [3.8, 4) is 0 Å². The number of primary amides is 1. The van der Waals surface area contributed by atoms with Crippen LogP contribution in [0.1, 0.15) is 43.9 Å². The summed E-state index contributed by atoms with van der Waals surface area (Å²) in [6.45, 7) is 7.37. The van der Waals surface area contributed by atoms with Gasteiger partial charge < -0.3 is 15.4 Å². The highest BCUT2D eigenvalue weighted by atomic mass is 19.1. The summed E-state index contributed by atoms with van der Waals surface area (Å²) >= 11 is 0. The van der Waals surface area contributed by atoms with E-state index in [0.717, 1.165) is 50.0 Å². The fourth-order valence-electron chi connectivity index (χ4n) is 5.49. The molecule has 1 saturated heterocycles. The number of anilines is 2. The second-order valence-corrected chi connectivity index (χ2v) is 10.4. The van der Waals surface area contributed by atoms with E-state index in [1.165, 1.54) is 6.07 Å². The average molecular weight is 485 g/mol. The summed E-state index contributed by atoms with van der Waals surface area (Å²) in [5, 5.41) is 0. The van der Waals surface area contributed by atoms with E-state index in [0.29, 0.717) is 31.4 Å². The van der Waals surface area contributed by atoms with Crippen LogP contribution in [-0.2, 0) is 10.3 Å². The van der Waals surface area contributed by atoms with Crippen molar-refractivity contribution in [3.05, 3.63) is 47.5 Å². The molecule has 4 rings (SSSR count). The number of ether oxygens (including phenoxy) is 1. The van der Waals surface area contributed by atoms with Crippen molar-refractivity contribution in [2.75, 3.05) is 56.7 Å². The molecule has 2 N–H and O–H groups in total. The van der Waals surface area contributed by atoms with Gasteiger partial charge in [0.25, 0.3) is 0 Å². The number of aryl methyl sites for hydroxylation is 1. The third-order valence-electron chi connectivity index (χ3n) is 7.83. The first-order chi connectivity index (χ1) is 16.6. The van der Waals surface area contributed by atoms with E-state index in [4.69, 9.17) is 10.5 Å². The summed E-state index contributed by atoms with van der Waals surface area (Å²) in [6, 6.07) is 6.42. The van der Waals surface area contributed by atoms with Gasteiger partial charge in [0, 0.05) is 25.2 Å². The molecule has 0 unspecified atom stereocenters. The van der Waals surface area contributed by atoms with Crippen molar-refractivity contribution in [2.45, 2.75) is 45.1 Å². The Morgan fingerprint density at radius 2 is 1.89 bits per heavy atom. The predicted molar refractivity (Wildman–Crippen MR) is 135 cm³/mol. The minimum Gasteiger partial charge on any atom is -0.378 e. The monoisotopic (exact) mass is 484 g/mol. The zero-order chi connectivity index (χ0) is 25.2. The van der Waals surface area contributed by atoms with Crippen LogP contribution in [0.15, 0.2) is 30.5 Å². The van der Waals surface area contributed by atoms with Crippen LogP contribution in [0.2, 0.25) is 0 Å². The molecule has 2 aliphatic rings. The van der Waals surface area contributed by atoms with E-state index < -0.39 is 6.03 Å². The highest BCUT2D eigenvalue weighted by molar-refractivity contribution is 5.91. The van der Waals surface area contributed by atoms with Gasteiger partial charge in [0.05, 0.1) is 30.8 Å². The molecule has 1 saturated carbocycles. The Labute approximate surface area is 207 Å². The normalized spacial score (nSPS) is 25.0. The summed E-state index contributed by atoms with van der Waals surface area (Å²) < 4.78 is 19.5. The standard InChI is InChI=1S/C26H37FN6O2/c1-19-22(17-29-24(30-19)32-12-14-35-15-13-32)33(23(28)34)18-25(2)8-10-26(11-9-25,31(3)4)20-6-5-7-21(27)16-20/h5-7,16-17H,8-15,18H2,1-4H3,(H2,28,34)/t25-,26-. The molecule has 0 bridgehead atoms. The van der Waals surface area contributed by atoms with Crippen LogP contribution in [-0.4, -0.2) is 67.8 Å². The first kappa shape index (κ1) is 25.3. The van der Waals surface area contributed by atoms with Crippen molar-refractivity contribution in [2.24, 2.45) is 11.1 Å². The van der Waals surface area contributed by atoms with Crippen LogP contribution in [0.4, 0.5) is 20.8 Å². The quantitative estimate of drug-likeness (QED) is 0.673. The number of halogens is 1. The van der Waals surface area contributed by atoms with Crippen molar-refractivity contribution in [1.29, 1.82) is 0 Å². The third kappa shape index (κ3) is 5.26. The van der Waals surface area contributed by atoms with Gasteiger partial charge in [-0.1, -0.05) is 19.1 Å². The highest BCUT2D eigenvalue weighted by Crippen LogP contribution is 2.48. The molecule has 2 fully saturated rings. The molecule has 0 spiro atoms. The Morgan fingerprint density at radius 1 is 1.20 bits per heavy atom. The Kier molecular flexibility index (Phi) is 7.28. The zero-order valence-corrected chi connectivity index (χ0v) is 21.3. The van der Waals surface area contributed by atoms with Crippen LogP contribution in [0.25, 0.3) is 0 Å². The lowest BCUT2D eigenvalue weighted by atomic mass is 9.65. The van der Waals surface area contributed by atoms with Gasteiger partial charge in [-0.3, -0.25) is 9.80 Å². The molecule has 1 aliphatic heterocycles. The number of rotatable bonds is 6. The molecule has 2 aromatic rings. The largest absolute Gasteiger partial charge is 0.378 e. The Morgan fingerprint density at radius 3 is 2.46 bits per heavy atom. The molecular weight excluding hydrogens is 447 g/mol. The summed E-state index contributed by atoms with van der Waals surface area (Å²) in [5.74, 6) is 0.432. The molecule has 190 valence electrons. The van der Waals surface area contributed by atoms with Crippen molar-refractivity contribution >= 4 is 17.7 Å². The fraction of sp³-hybridized carbons (Fsp3) is 0.577. The fourth-order valence-corrected chi connectivity index (χ4v) is 5.49. The molecule has 2 heterocycles. The first-order valence-electron chi connectivity index (χ1n) is 12.3. The van der Waals surface area contributed by atoms with E-state index in [9.17, 15) is 9.18 Å². The number of aromatic nitrogens is 2. The Hall–Kier alpha value is -2.78. The number of nitrogens with two attached hydrogens (primary N) is 1. The second kappa shape index (κ2) is 10.1. The molecule has 1 aliphatic carbocycles. The van der Waals surface area contributed by atoms with E-state index in [-0.39, 0.29) is 16.8 Å². The number of carbonyl (C=O) groups is 1. The van der Waals surface area contributed by atoms with E-state index >= 15 is 0 Å². The van der Waals surface area contributed by atoms with Gasteiger partial charge in [-0.2, -0.15) is 0 Å². The minimum atomic E-state index is -0.508. The minimum absolute atomic E-state index is 0.142. The van der Waals surface area contributed by atoms with Crippen molar-refractivity contribution in [3.63, 3.8) is 0 Å². The molecular formula is C26H37FN6O2. The smallest absolute Gasteiger partial charge is 0.319 e. The molecule has 1 aromatic heterocycles. The first-order valence-corrected chi connectivity index (χ1v) is 12.3. The van der Waals surface area contributed by atoms with Gasteiger partial charge in [0.2, 0.25) is 5.95 Å². The van der Waals surface area contributed by atoms with Crippen molar-refractivity contribution < 1.29 is 13.9 Å². The number of hydrogen-bond acceptors (Lipinski definition) is 6. The van der Waals surface area contributed by atoms with Gasteiger partial charge in [-0.15, -0.1) is 0 Å². The summed E-state index contributed by atoms with van der Waals surface area (Å²) in [5.41, 5.74) is 7.85. The number of carbonyl (C=O) groups excluding carboxylic acids is 1. The second-order valence-electron chi connectivity index (χ2n) is 10.4. The molecule has 9 heteroatoms. The maximum absolute atomic E-state index is 14.0. The van der Waals surface area contributed by atoms with Gasteiger partial charge in [-0.05, 0) is 69.8 Å². The van der Waals surface area contributed by atoms with Crippen LogP contribution >= 0.6 is 0 Å². The molecule has 35 heavy (non-hydrogen) atoms. The number of morpholine rings is 1. The van der Waals surface area contributed by atoms with Crippen molar-refractivity contribution in [1.82, 2.24) is 14.9 Å². The molecule has 8 nitrogen and oxygen atoms in total. The number of urea groups is 1. The zero-order valence-electron chi connectivity index (χ0n) is 21.3. The van der Waals surface area contributed by atoms with Crippen LogP contribution < -0.4 is 15.5 Å². The summed E-state index contributed by atoms with van der Waals surface area (Å²) in [4.78, 5) is 27.7. The average Bonchev–Trinajstić information content (AvgIpc) is 2.84. The number of benzene rings is 1. The van der Waals surface area contributed by atoms with Crippen LogP contribution in [0.5, 0.6) is 0 Å². The number of nitrogens with zero attached hydrogens (tertiary/aromatic N) is 5. The summed E-state index contributed by atoms with van der Waals surface area (Å²) in [6.07, 6.45) is 5.17. The topological polar surface area (TPSA) is 87.8 Å². The number of hydrogen-bond donors (Lipinski definition) is 1. The molecule has 1 aromatic carbocycles. The maximum Gasteiger partial charge on any atom is 0.319 e. The lowest BCUT2D eigenvalue weighted by Crippen LogP contribution is -2.50. The Balaban J connectivity index is 1.52. The molecule has 0 radical (unpaired) electrons. The van der Waals surface area contributed by atoms with Crippen LogP contribution in [0.3, 0.4) is 0 Å². The van der Waals surface area contributed by atoms with E-state index in [1.54, 1.807) is 23.2 Å². The molecule has 2 amide bonds. The Bertz CT molecular complexity index is 1050. The number of amides is 2. The highest BCUT2D eigenvalue weighted by Gasteiger charge is 2.44. The maximum atomic E-state index is 14.0. The van der Waals surface area contributed by atoms with E-state index in [1.807, 2.05) is 13.0 Å². The SMILES string of the molecule is Cc1nc(N2CCOCC2)ncc1N(C[C@]1(C)CC[C@@](c2cccc(F)c2)(N(C)C)CC1)C(N)=O. The predicted octanol–water partition coefficient (Wildman–Crippen LogP) is 3.68. The summed E-state index contributed by atoms with van der Waals surface area (Å²) in [7, 11) is 4.11. The lowest BCUT2D eigenvalue weighted by Gasteiger charge is -2.50. The van der Waals surface area contributed by atoms with Gasteiger partial charge in [0.1, 0.15) is 5.82 Å².